The fraction of sp³-hybridized carbons (Fsp3) is 0. The van der Waals surface area contributed by atoms with Crippen LogP contribution in [-0.2, 0) is 9.59 Å². The molecule has 0 radical (unpaired) electrons. The van der Waals surface area contributed by atoms with E-state index < -0.39 is 11.7 Å². The molecular weight excluding hydrogens is 344 g/mol. The summed E-state index contributed by atoms with van der Waals surface area (Å²) in [4.78, 5) is 39.6. The third-order valence-corrected chi connectivity index (χ3v) is 3.88. The van der Waals surface area contributed by atoms with Gasteiger partial charge in [0.2, 0.25) is 0 Å². The third-order valence-electron chi connectivity index (χ3n) is 3.88. The lowest BCUT2D eigenvalue weighted by molar-refractivity contribution is -0.132. The van der Waals surface area contributed by atoms with Crippen molar-refractivity contribution in [3.8, 4) is 0 Å². The van der Waals surface area contributed by atoms with E-state index in [0.717, 1.165) is 17.1 Å². The van der Waals surface area contributed by atoms with Gasteiger partial charge in [0.1, 0.15) is 0 Å². The third kappa shape index (κ3) is 3.38. The molecule has 0 saturated heterocycles. The van der Waals surface area contributed by atoms with Crippen LogP contribution < -0.4 is 0 Å². The molecule has 7 heteroatoms. The molecule has 4 rings (SSSR count). The Morgan fingerprint density at radius 3 is 2.07 bits per heavy atom. The fourth-order valence-electron chi connectivity index (χ4n) is 2.64. The summed E-state index contributed by atoms with van der Waals surface area (Å²) in [6.07, 6.45) is 18.5. The largest absolute Gasteiger partial charge is 0.515 e. The number of carbonyl (C=O) groups is 2. The van der Waals surface area contributed by atoms with Crippen LogP contribution in [0.5, 0.6) is 0 Å². The topological polar surface area (TPSA) is 104 Å². The van der Waals surface area contributed by atoms with Crippen LogP contribution in [0.1, 0.15) is 0 Å². The van der Waals surface area contributed by atoms with E-state index in [1.165, 1.54) is 6.08 Å². The second kappa shape index (κ2) is 6.72. The average molecular weight is 356 g/mol. The summed E-state index contributed by atoms with van der Waals surface area (Å²) >= 11 is 0. The van der Waals surface area contributed by atoms with Crippen molar-refractivity contribution in [1.82, 2.24) is 0 Å². The minimum Gasteiger partial charge on any atom is -0.515 e. The van der Waals surface area contributed by atoms with Crippen LogP contribution in [0.3, 0.4) is 0 Å². The number of allylic oxidation sites excluding steroid dienone is 9. The molecule has 4 aliphatic rings. The normalized spacial score (nSPS) is 26.4. The Hall–Kier alpha value is -4.00. The lowest BCUT2D eigenvalue weighted by Gasteiger charge is -1.94. The monoisotopic (exact) mass is 356 g/mol. The van der Waals surface area contributed by atoms with Gasteiger partial charge in [-0.1, -0.05) is 0 Å². The summed E-state index contributed by atoms with van der Waals surface area (Å²) in [5.74, 6) is -1.73. The maximum atomic E-state index is 11.5. The molecule has 0 aliphatic carbocycles. The van der Waals surface area contributed by atoms with Crippen LogP contribution in [0.15, 0.2) is 104 Å². The molecule has 1 N–H and O–H groups in total. The van der Waals surface area contributed by atoms with Crippen molar-refractivity contribution in [2.24, 2.45) is 20.0 Å². The SMILES string of the molecule is O=C1N=C(C=C2C=CC(C=C3C=CC(C=C4C=CC=N4)=N3)=N2)/C(=C\O)C1=O. The van der Waals surface area contributed by atoms with E-state index in [0.29, 0.717) is 17.7 Å². The Balaban J connectivity index is 1.53. The lowest BCUT2D eigenvalue weighted by atomic mass is 10.1. The van der Waals surface area contributed by atoms with E-state index in [-0.39, 0.29) is 11.3 Å². The summed E-state index contributed by atoms with van der Waals surface area (Å²) < 4.78 is 0. The molecule has 0 unspecified atom stereocenters. The van der Waals surface area contributed by atoms with E-state index in [4.69, 9.17) is 5.11 Å². The Bertz CT molecular complexity index is 1090. The molecule has 0 fully saturated rings. The summed E-state index contributed by atoms with van der Waals surface area (Å²) in [5.41, 5.74) is 3.54. The Kier molecular flexibility index (Phi) is 4.10. The van der Waals surface area contributed by atoms with Gasteiger partial charge in [-0.15, -0.1) is 0 Å². The molecule has 0 spiro atoms. The van der Waals surface area contributed by atoms with Gasteiger partial charge in [0.25, 0.3) is 5.78 Å². The van der Waals surface area contributed by atoms with E-state index in [2.05, 4.69) is 20.0 Å². The van der Waals surface area contributed by atoms with Crippen molar-refractivity contribution in [2.45, 2.75) is 0 Å². The van der Waals surface area contributed by atoms with E-state index in [9.17, 15) is 9.59 Å². The zero-order valence-corrected chi connectivity index (χ0v) is 13.9. The first kappa shape index (κ1) is 16.5. The molecule has 0 aromatic rings. The number of carbonyl (C=O) groups excluding carboxylic acids is 2. The summed E-state index contributed by atoms with van der Waals surface area (Å²) in [6, 6.07) is 0. The molecule has 27 heavy (non-hydrogen) atoms. The number of hydrogen-bond acceptors (Lipinski definition) is 6. The van der Waals surface area contributed by atoms with Crippen molar-refractivity contribution in [3.05, 3.63) is 83.6 Å². The second-order valence-corrected chi connectivity index (χ2v) is 5.76. The maximum absolute atomic E-state index is 11.5. The smallest absolute Gasteiger partial charge is 0.318 e. The van der Waals surface area contributed by atoms with Gasteiger partial charge < -0.3 is 5.11 Å². The molecule has 130 valence electrons. The first-order chi connectivity index (χ1) is 13.1. The Morgan fingerprint density at radius 2 is 1.44 bits per heavy atom. The molecule has 0 aromatic heterocycles. The van der Waals surface area contributed by atoms with Crippen LogP contribution in [0.2, 0.25) is 0 Å². The van der Waals surface area contributed by atoms with Crippen LogP contribution in [0, 0.1) is 0 Å². The molecule has 7 nitrogen and oxygen atoms in total. The van der Waals surface area contributed by atoms with Gasteiger partial charge in [-0.05, 0) is 54.7 Å². The van der Waals surface area contributed by atoms with Gasteiger partial charge in [-0.25, -0.2) is 15.0 Å². The van der Waals surface area contributed by atoms with Gasteiger partial charge in [-0.2, -0.15) is 0 Å². The van der Waals surface area contributed by atoms with Crippen LogP contribution in [0.25, 0.3) is 0 Å². The lowest BCUT2D eigenvalue weighted by Crippen LogP contribution is -2.08. The highest BCUT2D eigenvalue weighted by atomic mass is 16.2. The summed E-state index contributed by atoms with van der Waals surface area (Å²) in [5, 5.41) is 9.12. The average Bonchev–Trinajstić information content (AvgIpc) is 3.42. The van der Waals surface area contributed by atoms with Gasteiger partial charge in [0, 0.05) is 6.21 Å². The predicted molar refractivity (Wildman–Crippen MR) is 103 cm³/mol. The van der Waals surface area contributed by atoms with E-state index >= 15 is 0 Å². The minimum atomic E-state index is -0.899. The quantitative estimate of drug-likeness (QED) is 0.476. The molecular formula is C20H12N4O3. The maximum Gasteiger partial charge on any atom is 0.318 e. The van der Waals surface area contributed by atoms with Crippen molar-refractivity contribution < 1.29 is 14.7 Å². The van der Waals surface area contributed by atoms with Gasteiger partial charge in [0.15, 0.2) is 0 Å². The number of Topliss-reactive ketones (excluding diaryl/α,β-unsaturated/α-hetero) is 1. The van der Waals surface area contributed by atoms with Crippen molar-refractivity contribution in [1.29, 1.82) is 0 Å². The van der Waals surface area contributed by atoms with Gasteiger partial charge in [-0.3, -0.25) is 14.6 Å². The first-order valence-corrected chi connectivity index (χ1v) is 8.04. The van der Waals surface area contributed by atoms with Crippen LogP contribution in [0.4, 0.5) is 0 Å². The Morgan fingerprint density at radius 1 is 0.778 bits per heavy atom. The molecule has 0 saturated carbocycles. The van der Waals surface area contributed by atoms with Crippen molar-refractivity contribution >= 4 is 35.0 Å². The second-order valence-electron chi connectivity index (χ2n) is 5.76. The number of ketones is 1. The van der Waals surface area contributed by atoms with Gasteiger partial charge in [0.05, 0.1) is 46.1 Å². The number of amides is 1. The van der Waals surface area contributed by atoms with Crippen molar-refractivity contribution in [3.63, 3.8) is 0 Å². The number of aliphatic hydroxyl groups excluding tert-OH is 1. The summed E-state index contributed by atoms with van der Waals surface area (Å²) in [6.45, 7) is 0. The molecule has 0 bridgehead atoms. The van der Waals surface area contributed by atoms with Crippen LogP contribution in [-0.4, -0.2) is 40.1 Å². The fourth-order valence-corrected chi connectivity index (χ4v) is 2.64. The number of aliphatic hydroxyl groups is 1. The number of hydrogen-bond donors (Lipinski definition) is 1. The van der Waals surface area contributed by atoms with E-state index in [1.807, 2.05) is 36.5 Å². The first-order valence-electron chi connectivity index (χ1n) is 8.04. The molecule has 0 aromatic carbocycles. The number of nitrogens with zero attached hydrogens (tertiary/aromatic N) is 4. The Labute approximate surface area is 154 Å². The van der Waals surface area contributed by atoms with Crippen LogP contribution >= 0.6 is 0 Å². The predicted octanol–water partition coefficient (Wildman–Crippen LogP) is 2.29. The zero-order valence-electron chi connectivity index (χ0n) is 13.9. The highest BCUT2D eigenvalue weighted by molar-refractivity contribution is 6.57. The standard InChI is InChI=1S/C20H12N4O3/c25-11-17-18(24-20(27)19(17)26)10-16-6-5-15(23-16)9-14-4-3-13(22-14)8-12-2-1-7-21-12/h1-11,25H/b12-8?,14-9?,16-10?,17-11+. The van der Waals surface area contributed by atoms with E-state index in [1.54, 1.807) is 18.4 Å². The molecule has 4 heterocycles. The summed E-state index contributed by atoms with van der Waals surface area (Å²) in [7, 11) is 0. The number of rotatable bonds is 3. The minimum absolute atomic E-state index is 0.0997. The molecule has 1 amide bonds. The molecule has 4 aliphatic heterocycles. The highest BCUT2D eigenvalue weighted by Crippen LogP contribution is 2.18. The number of aliphatic imine (C=N–C) groups is 4. The van der Waals surface area contributed by atoms with Gasteiger partial charge >= 0.3 is 5.91 Å². The zero-order chi connectivity index (χ0) is 18.8. The van der Waals surface area contributed by atoms with Crippen molar-refractivity contribution in [2.75, 3.05) is 0 Å². The molecule has 0 atom stereocenters. The highest BCUT2D eigenvalue weighted by Gasteiger charge is 2.30.